The predicted octanol–water partition coefficient (Wildman–Crippen LogP) is 16.7. The molecule has 0 spiro atoms. The summed E-state index contributed by atoms with van der Waals surface area (Å²) in [7, 11) is 0. The lowest BCUT2D eigenvalue weighted by molar-refractivity contribution is -0.305. The Bertz CT molecular complexity index is 1320. The van der Waals surface area contributed by atoms with Crippen LogP contribution < -0.4 is 5.32 Å². The van der Waals surface area contributed by atoms with E-state index < -0.39 is 67.4 Å². The summed E-state index contributed by atoms with van der Waals surface area (Å²) >= 11 is 0. The maximum Gasteiger partial charge on any atom is 0.306 e. The molecule has 6 N–H and O–H groups in total. The van der Waals surface area contributed by atoms with Gasteiger partial charge in [0.25, 0.3) is 0 Å². The summed E-state index contributed by atoms with van der Waals surface area (Å²) in [6.45, 7) is 5.84. The van der Waals surface area contributed by atoms with Crippen LogP contribution in [-0.4, -0.2) is 99.6 Å². The van der Waals surface area contributed by atoms with Crippen LogP contribution in [-0.2, 0) is 23.8 Å². The van der Waals surface area contributed by atoms with Gasteiger partial charge >= 0.3 is 5.97 Å². The zero-order valence-electron chi connectivity index (χ0n) is 51.3. The van der Waals surface area contributed by atoms with Gasteiger partial charge in [0.05, 0.1) is 25.4 Å². The maximum absolute atomic E-state index is 13.5. The largest absolute Gasteiger partial charge is 0.454 e. The molecule has 0 aromatic heterocycles. The zero-order chi connectivity index (χ0) is 56.8. The molecule has 8 unspecified atom stereocenters. The number of rotatable bonds is 59. The molecule has 0 bridgehead atoms. The van der Waals surface area contributed by atoms with E-state index in [4.69, 9.17) is 14.2 Å². The number of esters is 1. The SMILES string of the molecule is CCCCCCCCCCCCC/C=C/C(O)C(COC1OC(CO)C(O)C(O)C1OC(=O)CCCCCCCCCCCCCCCC)NC(=O)C(O)CCCCCCCCCCCCCCCCCCCCCCCC. The molecule has 78 heavy (non-hydrogen) atoms. The van der Waals surface area contributed by atoms with Gasteiger partial charge in [0.2, 0.25) is 5.91 Å². The van der Waals surface area contributed by atoms with Crippen LogP contribution in [0.5, 0.6) is 0 Å². The van der Waals surface area contributed by atoms with Gasteiger partial charge < -0.3 is 45.1 Å². The highest BCUT2D eigenvalue weighted by Crippen LogP contribution is 2.26. The number of carbonyl (C=O) groups excluding carboxylic acids is 2. The van der Waals surface area contributed by atoms with Crippen molar-refractivity contribution in [1.82, 2.24) is 5.32 Å². The Morgan fingerprint density at radius 2 is 0.833 bits per heavy atom. The van der Waals surface area contributed by atoms with Crippen LogP contribution in [0.4, 0.5) is 0 Å². The Kier molecular flexibility index (Phi) is 53.3. The topological polar surface area (TPSA) is 175 Å². The van der Waals surface area contributed by atoms with Gasteiger partial charge in [-0.15, -0.1) is 0 Å². The van der Waals surface area contributed by atoms with Crippen LogP contribution in [0.15, 0.2) is 12.2 Å². The second-order valence-corrected chi connectivity index (χ2v) is 23.9. The first-order valence-electron chi connectivity index (χ1n) is 34.0. The van der Waals surface area contributed by atoms with Crippen molar-refractivity contribution < 1.29 is 49.3 Å². The Labute approximate surface area is 480 Å². The predicted molar refractivity (Wildman–Crippen MR) is 325 cm³/mol. The number of allylic oxidation sites excluding steroid dienone is 1. The van der Waals surface area contributed by atoms with E-state index in [-0.39, 0.29) is 13.0 Å². The number of amides is 1. The number of carbonyl (C=O) groups is 2. The van der Waals surface area contributed by atoms with E-state index in [2.05, 4.69) is 26.1 Å². The minimum atomic E-state index is -1.61. The molecule has 1 amide bonds. The fourth-order valence-corrected chi connectivity index (χ4v) is 11.1. The van der Waals surface area contributed by atoms with Crippen molar-refractivity contribution in [3.05, 3.63) is 12.2 Å². The molecular weight excluding hydrogens is 979 g/mol. The van der Waals surface area contributed by atoms with Crippen LogP contribution in [0.2, 0.25) is 0 Å². The summed E-state index contributed by atoms with van der Waals surface area (Å²) in [5, 5.41) is 57.1. The van der Waals surface area contributed by atoms with Crippen LogP contribution >= 0.6 is 0 Å². The summed E-state index contributed by atoms with van der Waals surface area (Å²) in [4.78, 5) is 26.6. The zero-order valence-corrected chi connectivity index (χ0v) is 51.3. The van der Waals surface area contributed by atoms with Crippen LogP contribution in [0, 0.1) is 0 Å². The minimum Gasteiger partial charge on any atom is -0.454 e. The van der Waals surface area contributed by atoms with Crippen LogP contribution in [0.25, 0.3) is 0 Å². The van der Waals surface area contributed by atoms with Gasteiger partial charge in [0, 0.05) is 6.42 Å². The van der Waals surface area contributed by atoms with Gasteiger partial charge in [-0.1, -0.05) is 322 Å². The molecule has 0 aromatic rings. The number of ether oxygens (including phenoxy) is 3. The van der Waals surface area contributed by atoms with E-state index in [1.54, 1.807) is 6.08 Å². The van der Waals surface area contributed by atoms with E-state index in [0.717, 1.165) is 57.8 Å². The van der Waals surface area contributed by atoms with Gasteiger partial charge in [0.1, 0.15) is 24.4 Å². The highest BCUT2D eigenvalue weighted by molar-refractivity contribution is 5.80. The molecular formula is C67H129NO10. The van der Waals surface area contributed by atoms with Gasteiger partial charge in [-0.2, -0.15) is 0 Å². The highest BCUT2D eigenvalue weighted by Gasteiger charge is 2.47. The Hall–Kier alpha value is -1.60. The standard InChI is InChI=1S/C67H129NO10/c1-4-7-10-13-16-19-22-25-27-28-29-30-31-32-33-34-36-39-42-45-48-51-54-60(71)66(75)68-58(59(70)53-50-47-44-41-38-35-24-21-18-15-12-9-6-3)57-76-67-65(64(74)63(73)61(56-69)77-67)78-62(72)55-52-49-46-43-40-37-26-23-20-17-14-11-8-5-2/h50,53,58-61,63-65,67,69-71,73-74H,4-49,51-52,54-57H2,1-3H3,(H,68,75)/b53-50+. The number of unbranched alkanes of at least 4 members (excludes halogenated alkanes) is 45. The normalized spacial score (nSPS) is 18.9. The van der Waals surface area contributed by atoms with Gasteiger partial charge in [-0.25, -0.2) is 0 Å². The fourth-order valence-electron chi connectivity index (χ4n) is 11.1. The lowest BCUT2D eigenvalue weighted by atomic mass is 9.99. The quantitative estimate of drug-likeness (QED) is 0.0195. The number of aliphatic hydroxyl groups excluding tert-OH is 5. The highest BCUT2D eigenvalue weighted by atomic mass is 16.7. The molecule has 1 heterocycles. The molecule has 1 aliphatic heterocycles. The minimum absolute atomic E-state index is 0.131. The molecule has 1 saturated heterocycles. The van der Waals surface area contributed by atoms with E-state index in [0.29, 0.717) is 19.3 Å². The lowest BCUT2D eigenvalue weighted by Gasteiger charge is -2.41. The molecule has 11 heteroatoms. The number of aliphatic hydroxyl groups is 5. The number of hydrogen-bond donors (Lipinski definition) is 6. The molecule has 0 aliphatic carbocycles. The van der Waals surface area contributed by atoms with Gasteiger partial charge in [-0.3, -0.25) is 9.59 Å². The van der Waals surface area contributed by atoms with Crippen molar-refractivity contribution in [1.29, 1.82) is 0 Å². The fraction of sp³-hybridized carbons (Fsp3) is 0.940. The maximum atomic E-state index is 13.5. The third kappa shape index (κ3) is 43.1. The second kappa shape index (κ2) is 55.9. The molecule has 1 aliphatic rings. The van der Waals surface area contributed by atoms with E-state index >= 15 is 0 Å². The van der Waals surface area contributed by atoms with Crippen molar-refractivity contribution >= 4 is 11.9 Å². The molecule has 0 aromatic carbocycles. The summed E-state index contributed by atoms with van der Waals surface area (Å²) in [6.07, 6.45) is 54.0. The molecule has 0 saturated carbocycles. The smallest absolute Gasteiger partial charge is 0.306 e. The Balaban J connectivity index is 2.60. The molecule has 1 fully saturated rings. The number of hydrogen-bond acceptors (Lipinski definition) is 10. The van der Waals surface area contributed by atoms with Crippen molar-refractivity contribution in [2.24, 2.45) is 0 Å². The van der Waals surface area contributed by atoms with Crippen LogP contribution in [0.1, 0.15) is 342 Å². The Morgan fingerprint density at radius 1 is 0.487 bits per heavy atom. The van der Waals surface area contributed by atoms with Gasteiger partial charge in [0.15, 0.2) is 12.4 Å². The summed E-state index contributed by atoms with van der Waals surface area (Å²) in [5.74, 6) is -1.17. The third-order valence-corrected chi connectivity index (χ3v) is 16.4. The lowest BCUT2D eigenvalue weighted by Crippen LogP contribution is -2.61. The van der Waals surface area contributed by atoms with Crippen LogP contribution in [0.3, 0.4) is 0 Å². The third-order valence-electron chi connectivity index (χ3n) is 16.4. The average Bonchev–Trinajstić information content (AvgIpc) is 3.45. The Morgan fingerprint density at radius 3 is 1.21 bits per heavy atom. The molecule has 8 atom stereocenters. The van der Waals surface area contributed by atoms with E-state index in [1.165, 1.54) is 238 Å². The molecule has 0 radical (unpaired) electrons. The monoisotopic (exact) mass is 1110 g/mol. The summed E-state index contributed by atoms with van der Waals surface area (Å²) in [5.41, 5.74) is 0. The van der Waals surface area contributed by atoms with E-state index in [1.807, 2.05) is 6.08 Å². The van der Waals surface area contributed by atoms with Gasteiger partial charge in [-0.05, 0) is 25.7 Å². The van der Waals surface area contributed by atoms with Crippen molar-refractivity contribution in [2.45, 2.75) is 391 Å². The first-order valence-corrected chi connectivity index (χ1v) is 34.0. The summed E-state index contributed by atoms with van der Waals surface area (Å²) in [6, 6.07) is -1.02. The van der Waals surface area contributed by atoms with Crippen molar-refractivity contribution in [3.63, 3.8) is 0 Å². The first kappa shape index (κ1) is 74.4. The van der Waals surface area contributed by atoms with E-state index in [9.17, 15) is 35.1 Å². The molecule has 1 rings (SSSR count). The second-order valence-electron chi connectivity index (χ2n) is 23.9. The molecule has 462 valence electrons. The first-order chi connectivity index (χ1) is 38.2. The van der Waals surface area contributed by atoms with Crippen molar-refractivity contribution in [2.75, 3.05) is 13.2 Å². The van der Waals surface area contributed by atoms with Crippen molar-refractivity contribution in [3.8, 4) is 0 Å². The number of nitrogens with one attached hydrogen (secondary N) is 1. The molecule has 11 nitrogen and oxygen atoms in total. The average molecular weight is 1110 g/mol. The summed E-state index contributed by atoms with van der Waals surface area (Å²) < 4.78 is 17.7.